The smallest absolute Gasteiger partial charge is 0.411 e. The van der Waals surface area contributed by atoms with Crippen molar-refractivity contribution in [2.45, 2.75) is 83.1 Å². The number of carbonyl (C=O) groups excluding carboxylic acids is 1. The molecule has 18 heavy (non-hydrogen) atoms. The highest BCUT2D eigenvalue weighted by Gasteiger charge is 2.59. The molecule has 2 fully saturated rings. The van der Waals surface area contributed by atoms with E-state index in [1.165, 1.54) is 0 Å². The average molecular weight is 255 g/mol. The molecule has 1 atom stereocenters. The van der Waals surface area contributed by atoms with Gasteiger partial charge in [-0.05, 0) is 60.3 Å². The topological polar surface area (TPSA) is 49.8 Å². The van der Waals surface area contributed by atoms with Gasteiger partial charge in [-0.15, -0.1) is 0 Å². The summed E-state index contributed by atoms with van der Waals surface area (Å²) in [4.78, 5) is 14.3. The number of nitrogens with zero attached hydrogens (tertiary/aromatic N) is 1. The minimum Gasteiger partial charge on any atom is -0.444 e. The molecule has 0 aromatic heterocycles. The molecule has 4 heteroatoms. The van der Waals surface area contributed by atoms with Crippen molar-refractivity contribution in [1.82, 2.24) is 4.90 Å². The highest BCUT2D eigenvalue weighted by Crippen LogP contribution is 2.53. The molecule has 0 radical (unpaired) electrons. The van der Waals surface area contributed by atoms with Gasteiger partial charge in [0.25, 0.3) is 0 Å². The Bertz CT molecular complexity index is 345. The normalized spacial score (nSPS) is 29.2. The molecule has 1 amide bonds. The second-order valence-electron chi connectivity index (χ2n) is 7.41. The Morgan fingerprint density at radius 2 is 1.83 bits per heavy atom. The first-order chi connectivity index (χ1) is 8.06. The number of amides is 1. The van der Waals surface area contributed by atoms with E-state index in [-0.39, 0.29) is 23.3 Å². The molecular formula is C14H25NO3. The molecule has 104 valence electrons. The standard InChI is InChI=1S/C14H25NO3/c1-12(2,3)18-11(17)15-13(4,5)8-10(16)9-14(15)6-7-14/h10,16H,6-9H2,1-5H3. The number of piperidine rings is 1. The van der Waals surface area contributed by atoms with Crippen LogP contribution in [0.3, 0.4) is 0 Å². The number of likely N-dealkylation sites (tertiary alicyclic amines) is 1. The monoisotopic (exact) mass is 255 g/mol. The Morgan fingerprint density at radius 3 is 2.28 bits per heavy atom. The highest BCUT2D eigenvalue weighted by molar-refractivity contribution is 5.71. The van der Waals surface area contributed by atoms with E-state index < -0.39 is 5.60 Å². The number of hydrogen-bond donors (Lipinski definition) is 1. The molecule has 1 N–H and O–H groups in total. The predicted octanol–water partition coefficient (Wildman–Crippen LogP) is 2.69. The molecule has 0 bridgehead atoms. The van der Waals surface area contributed by atoms with Crippen LogP contribution in [-0.2, 0) is 4.74 Å². The number of aliphatic hydroxyl groups is 1. The molecule has 1 unspecified atom stereocenters. The van der Waals surface area contributed by atoms with Crippen LogP contribution in [0.4, 0.5) is 4.79 Å². The fourth-order valence-electron chi connectivity index (χ4n) is 3.23. The Kier molecular flexibility index (Phi) is 2.93. The van der Waals surface area contributed by atoms with Crippen LogP contribution in [0.5, 0.6) is 0 Å². The summed E-state index contributed by atoms with van der Waals surface area (Å²) < 4.78 is 5.53. The molecule has 0 aromatic rings. The molecule has 1 spiro atoms. The zero-order valence-corrected chi connectivity index (χ0v) is 12.1. The van der Waals surface area contributed by atoms with Crippen molar-refractivity contribution in [1.29, 1.82) is 0 Å². The van der Waals surface area contributed by atoms with Gasteiger partial charge in [-0.3, -0.25) is 4.90 Å². The maximum Gasteiger partial charge on any atom is 0.411 e. The fraction of sp³-hybridized carbons (Fsp3) is 0.929. The number of aliphatic hydroxyl groups excluding tert-OH is 1. The maximum atomic E-state index is 12.4. The molecule has 1 saturated carbocycles. The lowest BCUT2D eigenvalue weighted by molar-refractivity contribution is -0.0642. The summed E-state index contributed by atoms with van der Waals surface area (Å²) in [6, 6.07) is 0. The lowest BCUT2D eigenvalue weighted by Gasteiger charge is -2.50. The Balaban J connectivity index is 2.21. The van der Waals surface area contributed by atoms with E-state index in [0.29, 0.717) is 12.8 Å². The minimum absolute atomic E-state index is 0.149. The van der Waals surface area contributed by atoms with Crippen molar-refractivity contribution in [3.63, 3.8) is 0 Å². The predicted molar refractivity (Wildman–Crippen MR) is 69.4 cm³/mol. The van der Waals surface area contributed by atoms with Crippen molar-refractivity contribution in [2.24, 2.45) is 0 Å². The SMILES string of the molecule is CC(C)(C)OC(=O)N1C(C)(C)CC(O)CC12CC2. The number of rotatable bonds is 0. The van der Waals surface area contributed by atoms with Gasteiger partial charge in [0.05, 0.1) is 6.10 Å². The van der Waals surface area contributed by atoms with Gasteiger partial charge in [-0.2, -0.15) is 0 Å². The second kappa shape index (κ2) is 3.86. The first kappa shape index (κ1) is 13.7. The van der Waals surface area contributed by atoms with Crippen LogP contribution in [0, 0.1) is 0 Å². The molecule has 2 rings (SSSR count). The van der Waals surface area contributed by atoms with Crippen molar-refractivity contribution in [2.75, 3.05) is 0 Å². The van der Waals surface area contributed by atoms with Crippen LogP contribution in [0.2, 0.25) is 0 Å². The van der Waals surface area contributed by atoms with E-state index in [1.54, 1.807) is 0 Å². The van der Waals surface area contributed by atoms with E-state index in [1.807, 2.05) is 39.5 Å². The Labute approximate surface area is 109 Å². The van der Waals surface area contributed by atoms with Gasteiger partial charge in [0.15, 0.2) is 0 Å². The molecule has 4 nitrogen and oxygen atoms in total. The maximum absolute atomic E-state index is 12.4. The second-order valence-corrected chi connectivity index (χ2v) is 7.41. The number of hydrogen-bond acceptors (Lipinski definition) is 3. The molecule has 1 aliphatic carbocycles. The van der Waals surface area contributed by atoms with E-state index in [2.05, 4.69) is 0 Å². The van der Waals surface area contributed by atoms with Gasteiger partial charge in [0.1, 0.15) is 5.60 Å². The molecule has 1 saturated heterocycles. The first-order valence-corrected chi connectivity index (χ1v) is 6.77. The first-order valence-electron chi connectivity index (χ1n) is 6.77. The van der Waals surface area contributed by atoms with Crippen molar-refractivity contribution < 1.29 is 14.6 Å². The van der Waals surface area contributed by atoms with Gasteiger partial charge in [-0.25, -0.2) is 4.79 Å². The number of carbonyl (C=O) groups is 1. The third-order valence-electron chi connectivity index (χ3n) is 3.83. The van der Waals surface area contributed by atoms with Crippen LogP contribution in [0.15, 0.2) is 0 Å². The van der Waals surface area contributed by atoms with Gasteiger partial charge in [-0.1, -0.05) is 0 Å². The van der Waals surface area contributed by atoms with E-state index in [9.17, 15) is 9.90 Å². The third kappa shape index (κ3) is 2.48. The van der Waals surface area contributed by atoms with Crippen molar-refractivity contribution >= 4 is 6.09 Å². The van der Waals surface area contributed by atoms with Gasteiger partial charge < -0.3 is 9.84 Å². The number of ether oxygens (including phenoxy) is 1. The summed E-state index contributed by atoms with van der Waals surface area (Å²) in [5.74, 6) is 0. The van der Waals surface area contributed by atoms with Gasteiger partial charge >= 0.3 is 6.09 Å². The van der Waals surface area contributed by atoms with Crippen LogP contribution < -0.4 is 0 Å². The van der Waals surface area contributed by atoms with Crippen LogP contribution in [-0.4, -0.2) is 38.9 Å². The summed E-state index contributed by atoms with van der Waals surface area (Å²) >= 11 is 0. The summed E-state index contributed by atoms with van der Waals surface area (Å²) in [6.07, 6.45) is 2.72. The zero-order chi connectivity index (χ0) is 13.8. The van der Waals surface area contributed by atoms with Crippen LogP contribution in [0.25, 0.3) is 0 Å². The fourth-order valence-corrected chi connectivity index (χ4v) is 3.23. The van der Waals surface area contributed by atoms with E-state index >= 15 is 0 Å². The quantitative estimate of drug-likeness (QED) is 0.724. The minimum atomic E-state index is -0.473. The summed E-state index contributed by atoms with van der Waals surface area (Å²) in [5.41, 5.74) is -0.959. The summed E-state index contributed by atoms with van der Waals surface area (Å²) in [5, 5.41) is 9.97. The largest absolute Gasteiger partial charge is 0.444 e. The summed E-state index contributed by atoms with van der Waals surface area (Å²) in [6.45, 7) is 9.68. The van der Waals surface area contributed by atoms with E-state index in [4.69, 9.17) is 4.74 Å². The summed E-state index contributed by atoms with van der Waals surface area (Å²) in [7, 11) is 0. The molecule has 1 heterocycles. The lowest BCUT2D eigenvalue weighted by Crippen LogP contribution is -2.61. The van der Waals surface area contributed by atoms with Gasteiger partial charge in [0.2, 0.25) is 0 Å². The van der Waals surface area contributed by atoms with Crippen LogP contribution in [0.1, 0.15) is 60.3 Å². The Hall–Kier alpha value is -0.770. The van der Waals surface area contributed by atoms with Crippen molar-refractivity contribution in [3.8, 4) is 0 Å². The van der Waals surface area contributed by atoms with Crippen molar-refractivity contribution in [3.05, 3.63) is 0 Å². The van der Waals surface area contributed by atoms with Crippen LogP contribution >= 0.6 is 0 Å². The average Bonchev–Trinajstić information content (AvgIpc) is 2.76. The zero-order valence-electron chi connectivity index (χ0n) is 12.1. The Morgan fingerprint density at radius 1 is 1.28 bits per heavy atom. The molecule has 2 aliphatic rings. The highest BCUT2D eigenvalue weighted by atomic mass is 16.6. The van der Waals surface area contributed by atoms with Gasteiger partial charge in [0, 0.05) is 11.1 Å². The molecular weight excluding hydrogens is 230 g/mol. The lowest BCUT2D eigenvalue weighted by atomic mass is 9.83. The third-order valence-corrected chi connectivity index (χ3v) is 3.83. The van der Waals surface area contributed by atoms with E-state index in [0.717, 1.165) is 12.8 Å². The molecule has 1 aliphatic heterocycles. The molecule has 0 aromatic carbocycles.